The third-order valence-corrected chi connectivity index (χ3v) is 3.51. The SMILES string of the molecule is CCOc1ccc2c(ccn2CCNC(C)CC)c1. The van der Waals surface area contributed by atoms with Gasteiger partial charge in [0, 0.05) is 36.2 Å². The molecule has 2 rings (SSSR count). The zero-order chi connectivity index (χ0) is 13.7. The van der Waals surface area contributed by atoms with Gasteiger partial charge >= 0.3 is 0 Å². The summed E-state index contributed by atoms with van der Waals surface area (Å²) < 4.78 is 7.82. The molecule has 0 bridgehead atoms. The van der Waals surface area contributed by atoms with Gasteiger partial charge in [0.1, 0.15) is 5.75 Å². The summed E-state index contributed by atoms with van der Waals surface area (Å²) in [6, 6.07) is 9.04. The van der Waals surface area contributed by atoms with Crippen LogP contribution in [0.2, 0.25) is 0 Å². The van der Waals surface area contributed by atoms with Crippen molar-refractivity contribution in [2.24, 2.45) is 0 Å². The lowest BCUT2D eigenvalue weighted by Crippen LogP contribution is -2.28. The second-order valence-corrected chi connectivity index (χ2v) is 4.93. The average Bonchev–Trinajstić information content (AvgIpc) is 2.81. The molecule has 0 fully saturated rings. The first-order valence-corrected chi connectivity index (χ1v) is 7.19. The van der Waals surface area contributed by atoms with Crippen LogP contribution in [-0.4, -0.2) is 23.8 Å². The summed E-state index contributed by atoms with van der Waals surface area (Å²) in [5, 5.41) is 4.77. The molecule has 1 unspecified atom stereocenters. The minimum absolute atomic E-state index is 0.589. The van der Waals surface area contributed by atoms with E-state index in [0.717, 1.165) is 18.8 Å². The van der Waals surface area contributed by atoms with Gasteiger partial charge in [-0.2, -0.15) is 0 Å². The Bertz CT molecular complexity index is 518. The van der Waals surface area contributed by atoms with E-state index in [1.165, 1.54) is 17.3 Å². The summed E-state index contributed by atoms with van der Waals surface area (Å²) in [4.78, 5) is 0. The van der Waals surface area contributed by atoms with Crippen molar-refractivity contribution in [3.63, 3.8) is 0 Å². The molecule has 3 nitrogen and oxygen atoms in total. The highest BCUT2D eigenvalue weighted by Crippen LogP contribution is 2.21. The van der Waals surface area contributed by atoms with Crippen LogP contribution in [0, 0.1) is 0 Å². The van der Waals surface area contributed by atoms with Crippen LogP contribution < -0.4 is 10.1 Å². The first-order chi connectivity index (χ1) is 9.24. The van der Waals surface area contributed by atoms with Gasteiger partial charge < -0.3 is 14.6 Å². The summed E-state index contributed by atoms with van der Waals surface area (Å²) in [5.41, 5.74) is 1.27. The number of nitrogens with one attached hydrogen (secondary N) is 1. The summed E-state index contributed by atoms with van der Waals surface area (Å²) in [7, 11) is 0. The van der Waals surface area contributed by atoms with Gasteiger partial charge in [0.05, 0.1) is 6.61 Å². The molecule has 0 saturated carbocycles. The normalized spacial score (nSPS) is 12.8. The molecule has 1 heterocycles. The topological polar surface area (TPSA) is 26.2 Å². The molecule has 2 aromatic rings. The Labute approximate surface area is 115 Å². The largest absolute Gasteiger partial charge is 0.494 e. The van der Waals surface area contributed by atoms with E-state index in [1.54, 1.807) is 0 Å². The monoisotopic (exact) mass is 260 g/mol. The fourth-order valence-electron chi connectivity index (χ4n) is 2.21. The summed E-state index contributed by atoms with van der Waals surface area (Å²) in [6.07, 6.45) is 3.32. The molecule has 1 N–H and O–H groups in total. The van der Waals surface area contributed by atoms with E-state index in [9.17, 15) is 0 Å². The first kappa shape index (κ1) is 13.9. The molecule has 1 aromatic heterocycles. The number of hydrogen-bond donors (Lipinski definition) is 1. The Kier molecular flexibility index (Phi) is 4.86. The number of ether oxygens (including phenoxy) is 1. The van der Waals surface area contributed by atoms with Gasteiger partial charge in [-0.3, -0.25) is 0 Å². The van der Waals surface area contributed by atoms with Crippen molar-refractivity contribution >= 4 is 10.9 Å². The van der Waals surface area contributed by atoms with Gasteiger partial charge in [-0.1, -0.05) is 6.92 Å². The van der Waals surface area contributed by atoms with E-state index >= 15 is 0 Å². The lowest BCUT2D eigenvalue weighted by molar-refractivity contribution is 0.340. The number of benzene rings is 1. The fraction of sp³-hybridized carbons (Fsp3) is 0.500. The summed E-state index contributed by atoms with van der Waals surface area (Å²) in [5.74, 6) is 0.950. The molecule has 1 atom stereocenters. The smallest absolute Gasteiger partial charge is 0.120 e. The van der Waals surface area contributed by atoms with Crippen molar-refractivity contribution in [2.75, 3.05) is 13.2 Å². The highest BCUT2D eigenvalue weighted by molar-refractivity contribution is 5.81. The van der Waals surface area contributed by atoms with Gasteiger partial charge in [-0.05, 0) is 44.5 Å². The first-order valence-electron chi connectivity index (χ1n) is 7.19. The number of hydrogen-bond acceptors (Lipinski definition) is 2. The molecule has 3 heteroatoms. The van der Waals surface area contributed by atoms with E-state index in [2.05, 4.69) is 48.1 Å². The molecule has 0 radical (unpaired) electrons. The lowest BCUT2D eigenvalue weighted by atomic mass is 10.2. The second kappa shape index (κ2) is 6.62. The third kappa shape index (κ3) is 3.51. The highest BCUT2D eigenvalue weighted by Gasteiger charge is 2.03. The van der Waals surface area contributed by atoms with E-state index in [0.29, 0.717) is 12.6 Å². The van der Waals surface area contributed by atoms with E-state index in [4.69, 9.17) is 4.74 Å². The lowest BCUT2D eigenvalue weighted by Gasteiger charge is -2.12. The van der Waals surface area contributed by atoms with Gasteiger partial charge in [-0.25, -0.2) is 0 Å². The van der Waals surface area contributed by atoms with E-state index in [1.807, 2.05) is 13.0 Å². The van der Waals surface area contributed by atoms with Crippen LogP contribution in [0.1, 0.15) is 27.2 Å². The molecule has 0 spiro atoms. The number of nitrogens with zero attached hydrogens (tertiary/aromatic N) is 1. The zero-order valence-corrected chi connectivity index (χ0v) is 12.1. The Morgan fingerprint density at radius 2 is 2.11 bits per heavy atom. The van der Waals surface area contributed by atoms with Crippen LogP contribution >= 0.6 is 0 Å². The fourth-order valence-corrected chi connectivity index (χ4v) is 2.21. The van der Waals surface area contributed by atoms with Crippen LogP contribution in [-0.2, 0) is 6.54 Å². The predicted molar refractivity (Wildman–Crippen MR) is 80.9 cm³/mol. The van der Waals surface area contributed by atoms with Gasteiger partial charge in [0.15, 0.2) is 0 Å². The zero-order valence-electron chi connectivity index (χ0n) is 12.1. The summed E-state index contributed by atoms with van der Waals surface area (Å²) >= 11 is 0. The Morgan fingerprint density at radius 1 is 1.26 bits per heavy atom. The average molecular weight is 260 g/mol. The highest BCUT2D eigenvalue weighted by atomic mass is 16.5. The number of rotatable bonds is 7. The molecule has 0 aliphatic heterocycles. The standard InChI is InChI=1S/C16H24N2O/c1-4-13(3)17-9-11-18-10-8-14-12-15(19-5-2)6-7-16(14)18/h6-8,10,12-13,17H,4-5,9,11H2,1-3H3. The maximum absolute atomic E-state index is 5.53. The van der Waals surface area contributed by atoms with Crippen LogP contribution in [0.15, 0.2) is 30.5 Å². The van der Waals surface area contributed by atoms with Crippen molar-refractivity contribution in [3.8, 4) is 5.75 Å². The van der Waals surface area contributed by atoms with Gasteiger partial charge in [0.25, 0.3) is 0 Å². The van der Waals surface area contributed by atoms with Gasteiger partial charge in [-0.15, -0.1) is 0 Å². The van der Waals surface area contributed by atoms with Crippen molar-refractivity contribution in [2.45, 2.75) is 39.8 Å². The molecule has 0 aliphatic rings. The van der Waals surface area contributed by atoms with Crippen LogP contribution in [0.3, 0.4) is 0 Å². The second-order valence-electron chi connectivity index (χ2n) is 4.93. The third-order valence-electron chi connectivity index (χ3n) is 3.51. The minimum Gasteiger partial charge on any atom is -0.494 e. The quantitative estimate of drug-likeness (QED) is 0.825. The Balaban J connectivity index is 2.04. The van der Waals surface area contributed by atoms with Crippen molar-refractivity contribution in [1.82, 2.24) is 9.88 Å². The molecule has 1 aromatic carbocycles. The molecule has 0 saturated heterocycles. The van der Waals surface area contributed by atoms with Crippen LogP contribution in [0.4, 0.5) is 0 Å². The Morgan fingerprint density at radius 3 is 2.84 bits per heavy atom. The number of fused-ring (bicyclic) bond motifs is 1. The molecular formula is C16H24N2O. The van der Waals surface area contributed by atoms with Gasteiger partial charge in [0.2, 0.25) is 0 Å². The summed E-state index contributed by atoms with van der Waals surface area (Å²) in [6.45, 7) is 9.16. The minimum atomic E-state index is 0.589. The van der Waals surface area contributed by atoms with Crippen molar-refractivity contribution < 1.29 is 4.74 Å². The molecule has 19 heavy (non-hydrogen) atoms. The Hall–Kier alpha value is -1.48. The molecule has 0 amide bonds. The van der Waals surface area contributed by atoms with Crippen molar-refractivity contribution in [3.05, 3.63) is 30.5 Å². The van der Waals surface area contributed by atoms with E-state index < -0.39 is 0 Å². The molecular weight excluding hydrogens is 236 g/mol. The van der Waals surface area contributed by atoms with Crippen LogP contribution in [0.5, 0.6) is 5.75 Å². The van der Waals surface area contributed by atoms with E-state index in [-0.39, 0.29) is 0 Å². The predicted octanol–water partition coefficient (Wildman–Crippen LogP) is 3.43. The molecule has 104 valence electrons. The van der Waals surface area contributed by atoms with Crippen LogP contribution in [0.25, 0.3) is 10.9 Å². The maximum atomic E-state index is 5.53. The number of aromatic nitrogens is 1. The van der Waals surface area contributed by atoms with Crippen molar-refractivity contribution in [1.29, 1.82) is 0 Å². The maximum Gasteiger partial charge on any atom is 0.120 e. The molecule has 0 aliphatic carbocycles.